The van der Waals surface area contributed by atoms with Gasteiger partial charge in [0.15, 0.2) is 0 Å². The third kappa shape index (κ3) is 2.58. The number of ether oxygens (including phenoxy) is 1. The molecule has 2 N–H and O–H groups in total. The minimum Gasteiger partial charge on any atom is -0.512 e. The number of hydrogen-bond acceptors (Lipinski definition) is 5. The monoisotopic (exact) mass is 239 g/mol. The molecule has 0 aromatic heterocycles. The number of carbonyl (C=O) groups is 1. The molecule has 2 heterocycles. The van der Waals surface area contributed by atoms with Crippen LogP contribution in [-0.2, 0) is 9.53 Å². The first kappa shape index (κ1) is 11.9. The van der Waals surface area contributed by atoms with Gasteiger partial charge in [-0.2, -0.15) is 0 Å². The Bertz CT molecular complexity index is 366. The summed E-state index contributed by atoms with van der Waals surface area (Å²) in [5.41, 5.74) is 0.282. The molecular formula is C11H17N3O3. The van der Waals surface area contributed by atoms with Crippen LogP contribution in [0.15, 0.2) is 16.3 Å². The zero-order valence-electron chi connectivity index (χ0n) is 9.90. The van der Waals surface area contributed by atoms with E-state index in [9.17, 15) is 9.90 Å². The Labute approximate surface area is 100.0 Å². The largest absolute Gasteiger partial charge is 0.512 e. The van der Waals surface area contributed by atoms with E-state index >= 15 is 0 Å². The molecule has 0 aromatic rings. The van der Waals surface area contributed by atoms with Gasteiger partial charge in [-0.15, -0.1) is 0 Å². The highest BCUT2D eigenvalue weighted by Gasteiger charge is 2.27. The molecule has 1 fully saturated rings. The normalized spacial score (nSPS) is 21.7. The van der Waals surface area contributed by atoms with E-state index in [1.54, 1.807) is 4.90 Å². The summed E-state index contributed by atoms with van der Waals surface area (Å²) in [5.74, 6) is 0.331. The van der Waals surface area contributed by atoms with Crippen molar-refractivity contribution < 1.29 is 14.6 Å². The number of amides is 1. The van der Waals surface area contributed by atoms with Crippen LogP contribution in [-0.4, -0.2) is 61.1 Å². The molecule has 0 spiro atoms. The molecule has 0 aliphatic carbocycles. The molecule has 0 unspecified atom stereocenters. The number of allylic oxidation sites excluding steroid dienone is 1. The second kappa shape index (κ2) is 5.18. The highest BCUT2D eigenvalue weighted by atomic mass is 16.5. The van der Waals surface area contributed by atoms with E-state index in [0.29, 0.717) is 45.2 Å². The van der Waals surface area contributed by atoms with Crippen molar-refractivity contribution in [2.24, 2.45) is 4.99 Å². The second-order valence-electron chi connectivity index (χ2n) is 4.02. The minimum atomic E-state index is -0.179. The van der Waals surface area contributed by atoms with Gasteiger partial charge in [0.1, 0.15) is 17.2 Å². The van der Waals surface area contributed by atoms with Crippen molar-refractivity contribution in [3.05, 3.63) is 11.3 Å². The maximum Gasteiger partial charge on any atom is 0.261 e. The first-order valence-electron chi connectivity index (χ1n) is 5.75. The van der Waals surface area contributed by atoms with Crippen LogP contribution in [0.25, 0.3) is 0 Å². The maximum absolute atomic E-state index is 12.3. The van der Waals surface area contributed by atoms with Crippen LogP contribution in [0.2, 0.25) is 0 Å². The van der Waals surface area contributed by atoms with Gasteiger partial charge in [0.2, 0.25) is 0 Å². The van der Waals surface area contributed by atoms with Gasteiger partial charge in [-0.3, -0.25) is 9.79 Å². The van der Waals surface area contributed by atoms with Crippen molar-refractivity contribution in [3.63, 3.8) is 0 Å². The van der Waals surface area contributed by atoms with Crippen molar-refractivity contribution >= 4 is 11.7 Å². The van der Waals surface area contributed by atoms with Crippen LogP contribution in [0.3, 0.4) is 0 Å². The average Bonchev–Trinajstić information content (AvgIpc) is 2.83. The summed E-state index contributed by atoms with van der Waals surface area (Å²) in [5, 5.41) is 12.7. The van der Waals surface area contributed by atoms with Gasteiger partial charge >= 0.3 is 0 Å². The predicted molar refractivity (Wildman–Crippen MR) is 63.0 cm³/mol. The van der Waals surface area contributed by atoms with E-state index in [-0.39, 0.29) is 17.2 Å². The Morgan fingerprint density at radius 3 is 2.71 bits per heavy atom. The Kier molecular flexibility index (Phi) is 3.63. The topological polar surface area (TPSA) is 74.2 Å². The number of hydrogen-bond donors (Lipinski definition) is 2. The van der Waals surface area contributed by atoms with E-state index in [4.69, 9.17) is 4.74 Å². The Balaban J connectivity index is 2.16. The third-order valence-electron chi connectivity index (χ3n) is 2.78. The van der Waals surface area contributed by atoms with Crippen molar-refractivity contribution in [2.75, 3.05) is 39.4 Å². The maximum atomic E-state index is 12.3. The molecule has 1 amide bonds. The molecule has 1 saturated heterocycles. The van der Waals surface area contributed by atoms with Crippen LogP contribution >= 0.6 is 0 Å². The van der Waals surface area contributed by atoms with E-state index < -0.39 is 0 Å². The average molecular weight is 239 g/mol. The minimum absolute atomic E-state index is 0.00893. The van der Waals surface area contributed by atoms with Crippen LogP contribution in [0, 0.1) is 0 Å². The lowest BCUT2D eigenvalue weighted by Gasteiger charge is -2.27. The number of morpholine rings is 1. The summed E-state index contributed by atoms with van der Waals surface area (Å²) >= 11 is 0. The van der Waals surface area contributed by atoms with Crippen LogP contribution in [0.5, 0.6) is 0 Å². The lowest BCUT2D eigenvalue weighted by Crippen LogP contribution is -2.44. The fourth-order valence-corrected chi connectivity index (χ4v) is 1.92. The Hall–Kier alpha value is -1.56. The molecule has 0 radical (unpaired) electrons. The van der Waals surface area contributed by atoms with E-state index in [0.717, 1.165) is 0 Å². The SMILES string of the molecule is C/C(O)=C(/C(=O)N1CCOCC1)C1=NCCN1. The molecular weight excluding hydrogens is 222 g/mol. The first-order chi connectivity index (χ1) is 8.20. The molecule has 0 aromatic carbocycles. The molecule has 0 bridgehead atoms. The van der Waals surface area contributed by atoms with Gasteiger partial charge in [0.25, 0.3) is 5.91 Å². The van der Waals surface area contributed by atoms with E-state index in [2.05, 4.69) is 10.3 Å². The van der Waals surface area contributed by atoms with Gasteiger partial charge in [0, 0.05) is 19.6 Å². The Morgan fingerprint density at radius 2 is 2.18 bits per heavy atom. The fourth-order valence-electron chi connectivity index (χ4n) is 1.92. The third-order valence-corrected chi connectivity index (χ3v) is 2.78. The van der Waals surface area contributed by atoms with Crippen molar-refractivity contribution in [3.8, 4) is 0 Å². The molecule has 2 rings (SSSR count). The van der Waals surface area contributed by atoms with Gasteiger partial charge in [0.05, 0.1) is 19.8 Å². The van der Waals surface area contributed by atoms with Gasteiger partial charge in [-0.1, -0.05) is 0 Å². The van der Waals surface area contributed by atoms with Crippen LogP contribution in [0.1, 0.15) is 6.92 Å². The second-order valence-corrected chi connectivity index (χ2v) is 4.02. The zero-order chi connectivity index (χ0) is 12.3. The number of nitrogens with one attached hydrogen (secondary N) is 1. The molecule has 17 heavy (non-hydrogen) atoms. The summed E-state index contributed by atoms with van der Waals surface area (Å²) in [6, 6.07) is 0. The molecule has 2 aliphatic rings. The van der Waals surface area contributed by atoms with Crippen LogP contribution in [0.4, 0.5) is 0 Å². The van der Waals surface area contributed by atoms with Crippen molar-refractivity contribution in [1.29, 1.82) is 0 Å². The van der Waals surface area contributed by atoms with Gasteiger partial charge in [-0.05, 0) is 6.92 Å². The quantitative estimate of drug-likeness (QED) is 0.511. The summed E-state index contributed by atoms with van der Waals surface area (Å²) in [4.78, 5) is 18.1. The summed E-state index contributed by atoms with van der Waals surface area (Å²) in [6.45, 7) is 5.07. The fraction of sp³-hybridized carbons (Fsp3) is 0.636. The predicted octanol–water partition coefficient (Wildman–Crippen LogP) is -0.321. The lowest BCUT2D eigenvalue weighted by molar-refractivity contribution is -0.130. The molecule has 0 atom stereocenters. The summed E-state index contributed by atoms with van der Waals surface area (Å²) < 4.78 is 5.20. The molecule has 6 heteroatoms. The highest BCUT2D eigenvalue weighted by Crippen LogP contribution is 2.11. The Morgan fingerprint density at radius 1 is 1.47 bits per heavy atom. The van der Waals surface area contributed by atoms with Gasteiger partial charge < -0.3 is 20.1 Å². The summed E-state index contributed by atoms with van der Waals surface area (Å²) in [7, 11) is 0. The number of amidine groups is 1. The van der Waals surface area contributed by atoms with Gasteiger partial charge in [-0.25, -0.2) is 0 Å². The number of rotatable bonds is 2. The standard InChI is InChI=1S/C11H17N3O3/c1-8(15)9(10-12-2-3-13-10)11(16)14-4-6-17-7-5-14/h15H,2-7H2,1H3,(H,12,13)/b9-8-. The smallest absolute Gasteiger partial charge is 0.261 e. The number of nitrogens with zero attached hydrogens (tertiary/aromatic N) is 2. The van der Waals surface area contributed by atoms with Crippen molar-refractivity contribution in [2.45, 2.75) is 6.92 Å². The van der Waals surface area contributed by atoms with E-state index in [1.165, 1.54) is 6.92 Å². The number of carbonyl (C=O) groups excluding carboxylic acids is 1. The lowest BCUT2D eigenvalue weighted by atomic mass is 10.1. The number of aliphatic imine (C=N–C) groups is 1. The number of aliphatic hydroxyl groups is 1. The molecule has 0 saturated carbocycles. The molecule has 2 aliphatic heterocycles. The number of aliphatic hydroxyl groups excluding tert-OH is 1. The highest BCUT2D eigenvalue weighted by molar-refractivity contribution is 6.21. The van der Waals surface area contributed by atoms with E-state index in [1.807, 2.05) is 0 Å². The summed E-state index contributed by atoms with van der Waals surface area (Å²) in [6.07, 6.45) is 0. The molecule has 6 nitrogen and oxygen atoms in total. The zero-order valence-corrected chi connectivity index (χ0v) is 9.90. The van der Waals surface area contributed by atoms with Crippen molar-refractivity contribution in [1.82, 2.24) is 10.2 Å². The van der Waals surface area contributed by atoms with Crippen LogP contribution < -0.4 is 5.32 Å². The first-order valence-corrected chi connectivity index (χ1v) is 5.75. The molecule has 94 valence electrons.